The van der Waals surface area contributed by atoms with Gasteiger partial charge in [0, 0.05) is 24.7 Å². The van der Waals surface area contributed by atoms with Crippen molar-refractivity contribution in [2.24, 2.45) is 11.8 Å². The number of methoxy groups -OCH3 is 2. The lowest BCUT2D eigenvalue weighted by Crippen LogP contribution is -2.55. The molecule has 0 radical (unpaired) electrons. The molecule has 7 nitrogen and oxygen atoms in total. The summed E-state index contributed by atoms with van der Waals surface area (Å²) in [4.78, 5) is 40.8. The van der Waals surface area contributed by atoms with E-state index in [4.69, 9.17) is 9.47 Å². The minimum atomic E-state index is -1.63. The first-order valence-corrected chi connectivity index (χ1v) is 7.14. The minimum absolute atomic E-state index is 0.330. The van der Waals surface area contributed by atoms with Gasteiger partial charge in [-0.25, -0.2) is 0 Å². The third kappa shape index (κ3) is 3.10. The zero-order chi connectivity index (χ0) is 17.2. The lowest BCUT2D eigenvalue weighted by Gasteiger charge is -2.43. The zero-order valence-corrected chi connectivity index (χ0v) is 13.2. The van der Waals surface area contributed by atoms with Crippen molar-refractivity contribution < 1.29 is 29.0 Å². The standard InChI is InChI=1S/C16H19NO6/c1-16(21)7-10(18)12(14(19)22-2)11(13(16)15(20)23-3)9-5-4-6-17-8-9/h4-6,8,11-13,21H,7H2,1-3H3/t11-,12+,13+,16+/m0/s1. The van der Waals surface area contributed by atoms with Gasteiger partial charge in [0.1, 0.15) is 5.92 Å². The van der Waals surface area contributed by atoms with Crippen molar-refractivity contribution in [2.75, 3.05) is 14.2 Å². The maximum absolute atomic E-state index is 12.4. The van der Waals surface area contributed by atoms with Crippen molar-refractivity contribution in [3.63, 3.8) is 0 Å². The van der Waals surface area contributed by atoms with Gasteiger partial charge >= 0.3 is 11.9 Å². The molecule has 1 aliphatic rings. The van der Waals surface area contributed by atoms with Gasteiger partial charge in [-0.05, 0) is 18.6 Å². The van der Waals surface area contributed by atoms with Crippen molar-refractivity contribution in [2.45, 2.75) is 24.9 Å². The van der Waals surface area contributed by atoms with Crippen LogP contribution in [0.2, 0.25) is 0 Å². The van der Waals surface area contributed by atoms with Crippen LogP contribution in [0, 0.1) is 11.8 Å². The summed E-state index contributed by atoms with van der Waals surface area (Å²) in [5.41, 5.74) is -1.14. The fraction of sp³-hybridized carbons (Fsp3) is 0.500. The van der Waals surface area contributed by atoms with Gasteiger partial charge in [0.2, 0.25) is 0 Å². The van der Waals surface area contributed by atoms with E-state index in [1.165, 1.54) is 33.5 Å². The third-order valence-corrected chi connectivity index (χ3v) is 4.25. The number of carbonyl (C=O) groups is 3. The highest BCUT2D eigenvalue weighted by molar-refractivity contribution is 6.02. The third-order valence-electron chi connectivity index (χ3n) is 4.25. The van der Waals surface area contributed by atoms with E-state index < -0.39 is 41.1 Å². The minimum Gasteiger partial charge on any atom is -0.469 e. The Morgan fingerprint density at radius 3 is 2.48 bits per heavy atom. The van der Waals surface area contributed by atoms with Crippen LogP contribution in [0.1, 0.15) is 24.8 Å². The summed E-state index contributed by atoms with van der Waals surface area (Å²) < 4.78 is 9.52. The van der Waals surface area contributed by atoms with Crippen LogP contribution < -0.4 is 0 Å². The molecule has 1 saturated carbocycles. The second-order valence-electron chi connectivity index (χ2n) is 5.81. The van der Waals surface area contributed by atoms with Crippen molar-refractivity contribution in [3.8, 4) is 0 Å². The van der Waals surface area contributed by atoms with Crippen LogP contribution in [0.4, 0.5) is 0 Å². The first-order valence-electron chi connectivity index (χ1n) is 7.14. The van der Waals surface area contributed by atoms with Crippen molar-refractivity contribution in [1.29, 1.82) is 0 Å². The number of aliphatic hydroxyl groups is 1. The van der Waals surface area contributed by atoms with E-state index in [-0.39, 0.29) is 6.42 Å². The first-order chi connectivity index (χ1) is 10.8. The van der Waals surface area contributed by atoms with E-state index >= 15 is 0 Å². The van der Waals surface area contributed by atoms with Crippen molar-refractivity contribution in [1.82, 2.24) is 4.98 Å². The summed E-state index contributed by atoms with van der Waals surface area (Å²) >= 11 is 0. The topological polar surface area (TPSA) is 103 Å². The molecular formula is C16H19NO6. The van der Waals surface area contributed by atoms with Crippen molar-refractivity contribution >= 4 is 17.7 Å². The summed E-state index contributed by atoms with van der Waals surface area (Å²) in [6.45, 7) is 1.39. The number of hydrogen-bond donors (Lipinski definition) is 1. The highest BCUT2D eigenvalue weighted by atomic mass is 16.5. The molecule has 1 aromatic heterocycles. The van der Waals surface area contributed by atoms with Crippen LogP contribution in [0.5, 0.6) is 0 Å². The maximum Gasteiger partial charge on any atom is 0.316 e. The van der Waals surface area contributed by atoms with Crippen LogP contribution in [-0.4, -0.2) is 47.6 Å². The monoisotopic (exact) mass is 321 g/mol. The Hall–Kier alpha value is -2.28. The summed E-state index contributed by atoms with van der Waals surface area (Å²) in [6.07, 6.45) is 2.67. The second-order valence-corrected chi connectivity index (χ2v) is 5.81. The smallest absolute Gasteiger partial charge is 0.316 e. The van der Waals surface area contributed by atoms with Crippen molar-refractivity contribution in [3.05, 3.63) is 30.1 Å². The molecule has 0 saturated heterocycles. The molecule has 4 atom stereocenters. The van der Waals surface area contributed by atoms with E-state index in [1.807, 2.05) is 0 Å². The van der Waals surface area contributed by atoms with Crippen LogP contribution in [0.15, 0.2) is 24.5 Å². The molecule has 0 amide bonds. The number of ether oxygens (including phenoxy) is 2. The Morgan fingerprint density at radius 1 is 1.30 bits per heavy atom. The van der Waals surface area contributed by atoms with Crippen LogP contribution in [-0.2, 0) is 23.9 Å². The average Bonchev–Trinajstić information content (AvgIpc) is 2.52. The Kier molecular flexibility index (Phi) is 4.79. The van der Waals surface area contributed by atoms with Gasteiger partial charge in [0.15, 0.2) is 5.78 Å². The van der Waals surface area contributed by atoms with Gasteiger partial charge in [0.05, 0.1) is 25.7 Å². The second kappa shape index (κ2) is 6.45. The van der Waals surface area contributed by atoms with Crippen LogP contribution >= 0.6 is 0 Å². The number of pyridine rings is 1. The van der Waals surface area contributed by atoms with Crippen LogP contribution in [0.3, 0.4) is 0 Å². The van der Waals surface area contributed by atoms with Gasteiger partial charge in [-0.1, -0.05) is 6.07 Å². The SMILES string of the molecule is COC(=O)[C@@H]1C(=O)C[C@@](C)(O)[C@@H](C(=O)OC)[C@H]1c1cccnc1. The number of rotatable bonds is 3. The highest BCUT2D eigenvalue weighted by Gasteiger charge is 2.56. The molecule has 7 heteroatoms. The normalized spacial score (nSPS) is 30.6. The molecule has 1 aliphatic carbocycles. The van der Waals surface area contributed by atoms with E-state index in [0.29, 0.717) is 5.56 Å². The molecule has 2 rings (SSSR count). The number of ketones is 1. The largest absolute Gasteiger partial charge is 0.469 e. The van der Waals surface area contributed by atoms with Gasteiger partial charge in [-0.15, -0.1) is 0 Å². The van der Waals surface area contributed by atoms with Gasteiger partial charge in [0.25, 0.3) is 0 Å². The van der Waals surface area contributed by atoms with E-state index in [1.54, 1.807) is 12.1 Å². The van der Waals surface area contributed by atoms with E-state index in [0.717, 1.165) is 0 Å². The van der Waals surface area contributed by atoms with Gasteiger partial charge in [-0.3, -0.25) is 19.4 Å². The molecule has 0 spiro atoms. The summed E-state index contributed by atoms with van der Waals surface area (Å²) in [5.74, 6) is -5.08. The first kappa shape index (κ1) is 17.1. The molecule has 0 bridgehead atoms. The highest BCUT2D eigenvalue weighted by Crippen LogP contribution is 2.46. The molecular weight excluding hydrogens is 302 g/mol. The molecule has 0 unspecified atom stereocenters. The molecule has 124 valence electrons. The predicted molar refractivity (Wildman–Crippen MR) is 78.2 cm³/mol. The Balaban J connectivity index is 2.61. The number of Topliss-reactive ketones (excluding diaryl/α,β-unsaturated/α-hetero) is 1. The molecule has 1 aromatic rings. The predicted octanol–water partition coefficient (Wildman–Crippen LogP) is 0.467. The summed E-state index contributed by atoms with van der Waals surface area (Å²) in [7, 11) is 2.37. The maximum atomic E-state index is 12.4. The molecule has 1 fully saturated rings. The molecule has 1 N–H and O–H groups in total. The zero-order valence-electron chi connectivity index (χ0n) is 13.2. The molecule has 23 heavy (non-hydrogen) atoms. The van der Waals surface area contributed by atoms with Gasteiger partial charge < -0.3 is 14.6 Å². The van der Waals surface area contributed by atoms with Crippen LogP contribution in [0.25, 0.3) is 0 Å². The Bertz CT molecular complexity index is 612. The number of carbonyl (C=O) groups excluding carboxylic acids is 3. The fourth-order valence-electron chi connectivity index (χ4n) is 3.24. The molecule has 0 aromatic carbocycles. The average molecular weight is 321 g/mol. The molecule has 0 aliphatic heterocycles. The van der Waals surface area contributed by atoms with E-state index in [9.17, 15) is 19.5 Å². The quantitative estimate of drug-likeness (QED) is 0.637. The Morgan fingerprint density at radius 2 is 1.96 bits per heavy atom. The summed E-state index contributed by atoms with van der Waals surface area (Å²) in [5, 5.41) is 10.6. The molecule has 1 heterocycles. The Labute approximate surface area is 133 Å². The van der Waals surface area contributed by atoms with Gasteiger partial charge in [-0.2, -0.15) is 0 Å². The number of esters is 2. The lowest BCUT2D eigenvalue weighted by atomic mass is 9.62. The summed E-state index contributed by atoms with van der Waals surface area (Å²) in [6, 6.07) is 3.28. The van der Waals surface area contributed by atoms with E-state index in [2.05, 4.69) is 4.98 Å². The number of aromatic nitrogens is 1. The number of nitrogens with zero attached hydrogens (tertiary/aromatic N) is 1. The fourth-order valence-corrected chi connectivity index (χ4v) is 3.24. The number of hydrogen-bond acceptors (Lipinski definition) is 7. The lowest BCUT2D eigenvalue weighted by molar-refractivity contribution is -0.170.